The maximum Gasteiger partial charge on any atom is 0.0950 e. The maximum absolute atomic E-state index is 4.99. The highest BCUT2D eigenvalue weighted by molar-refractivity contribution is 5.85. The topological polar surface area (TPSA) is 25.2 Å². The van der Waals surface area contributed by atoms with Crippen molar-refractivity contribution in [3.05, 3.63) is 24.2 Å². The fourth-order valence-electron chi connectivity index (χ4n) is 1.44. The van der Waals surface area contributed by atoms with E-state index in [0.717, 1.165) is 6.54 Å². The van der Waals surface area contributed by atoms with Crippen LogP contribution in [0.15, 0.2) is 23.0 Å². The van der Waals surface area contributed by atoms with E-state index in [2.05, 4.69) is 5.32 Å². The number of halogens is 1. The van der Waals surface area contributed by atoms with Gasteiger partial charge in [0.1, 0.15) is 0 Å². The lowest BCUT2D eigenvalue weighted by atomic mass is 10.1. The second kappa shape index (κ2) is 3.79. The monoisotopic (exact) mass is 173 g/mol. The van der Waals surface area contributed by atoms with Gasteiger partial charge in [0.2, 0.25) is 0 Å². The van der Waals surface area contributed by atoms with Crippen molar-refractivity contribution in [2.45, 2.75) is 18.9 Å². The molecule has 0 aliphatic carbocycles. The van der Waals surface area contributed by atoms with Gasteiger partial charge in [-0.05, 0) is 25.5 Å². The van der Waals surface area contributed by atoms with Gasteiger partial charge >= 0.3 is 0 Å². The summed E-state index contributed by atoms with van der Waals surface area (Å²) < 4.78 is 4.99. The summed E-state index contributed by atoms with van der Waals surface area (Å²) in [6.07, 6.45) is 6.09. The first-order chi connectivity index (χ1) is 4.97. The summed E-state index contributed by atoms with van der Waals surface area (Å²) in [5, 5.41) is 3.40. The van der Waals surface area contributed by atoms with Crippen LogP contribution in [0.4, 0.5) is 0 Å². The van der Waals surface area contributed by atoms with Crippen molar-refractivity contribution in [1.29, 1.82) is 0 Å². The van der Waals surface area contributed by atoms with Crippen molar-refractivity contribution >= 4 is 12.4 Å². The molecule has 1 aliphatic heterocycles. The number of furan rings is 1. The Kier molecular flexibility index (Phi) is 2.97. The van der Waals surface area contributed by atoms with Crippen LogP contribution < -0.4 is 5.32 Å². The molecule has 1 aromatic rings. The van der Waals surface area contributed by atoms with Crippen LogP contribution >= 0.6 is 12.4 Å². The van der Waals surface area contributed by atoms with E-state index in [1.54, 1.807) is 6.26 Å². The van der Waals surface area contributed by atoms with Gasteiger partial charge in [0, 0.05) is 11.6 Å². The molecule has 0 radical (unpaired) electrons. The minimum atomic E-state index is 0. The van der Waals surface area contributed by atoms with E-state index < -0.39 is 0 Å². The Hall–Kier alpha value is -0.470. The first kappa shape index (κ1) is 8.62. The van der Waals surface area contributed by atoms with E-state index in [1.165, 1.54) is 18.4 Å². The Balaban J connectivity index is 0.000000605. The fourth-order valence-corrected chi connectivity index (χ4v) is 1.44. The molecule has 0 aromatic carbocycles. The molecule has 1 aromatic heterocycles. The standard InChI is InChI=1S/C8H11NO.ClH/c1-2-8(9-4-1)7-3-5-10-6-7;/h3,5-6,8-9H,1-2,4H2;1H/t8-;/m0./s1. The lowest BCUT2D eigenvalue weighted by Crippen LogP contribution is -2.11. The van der Waals surface area contributed by atoms with E-state index in [1.807, 2.05) is 12.3 Å². The molecule has 1 aliphatic rings. The van der Waals surface area contributed by atoms with Crippen molar-refractivity contribution in [1.82, 2.24) is 5.32 Å². The molecule has 2 rings (SSSR count). The summed E-state index contributed by atoms with van der Waals surface area (Å²) >= 11 is 0. The number of hydrogen-bond acceptors (Lipinski definition) is 2. The van der Waals surface area contributed by atoms with Crippen LogP contribution in [0.3, 0.4) is 0 Å². The average Bonchev–Trinajstić information content (AvgIpc) is 2.59. The molecule has 62 valence electrons. The largest absolute Gasteiger partial charge is 0.472 e. The minimum absolute atomic E-state index is 0. The van der Waals surface area contributed by atoms with Crippen molar-refractivity contribution in [3.8, 4) is 0 Å². The number of nitrogens with one attached hydrogen (secondary N) is 1. The molecule has 0 bridgehead atoms. The first-order valence-corrected chi connectivity index (χ1v) is 3.72. The lowest BCUT2D eigenvalue weighted by Gasteiger charge is -2.04. The van der Waals surface area contributed by atoms with E-state index in [-0.39, 0.29) is 12.4 Å². The smallest absolute Gasteiger partial charge is 0.0950 e. The molecule has 1 fully saturated rings. The molecule has 0 amide bonds. The van der Waals surface area contributed by atoms with Gasteiger partial charge < -0.3 is 9.73 Å². The van der Waals surface area contributed by atoms with Crippen LogP contribution in [0.25, 0.3) is 0 Å². The van der Waals surface area contributed by atoms with E-state index in [4.69, 9.17) is 4.42 Å². The second-order valence-corrected chi connectivity index (χ2v) is 2.71. The third-order valence-corrected chi connectivity index (χ3v) is 2.01. The SMILES string of the molecule is Cl.c1cc([C@@H]2CCCN2)co1. The normalized spacial score (nSPS) is 23.1. The minimum Gasteiger partial charge on any atom is -0.472 e. The molecule has 2 nitrogen and oxygen atoms in total. The third kappa shape index (κ3) is 1.76. The molecule has 0 unspecified atom stereocenters. The molecule has 1 N–H and O–H groups in total. The van der Waals surface area contributed by atoms with Crippen molar-refractivity contribution < 1.29 is 4.42 Å². The van der Waals surface area contributed by atoms with E-state index in [9.17, 15) is 0 Å². The fraction of sp³-hybridized carbons (Fsp3) is 0.500. The molecule has 3 heteroatoms. The first-order valence-electron chi connectivity index (χ1n) is 3.72. The van der Waals surface area contributed by atoms with Gasteiger partial charge in [-0.15, -0.1) is 12.4 Å². The van der Waals surface area contributed by atoms with E-state index in [0.29, 0.717) is 6.04 Å². The zero-order chi connectivity index (χ0) is 6.81. The van der Waals surface area contributed by atoms with Gasteiger partial charge in [0.05, 0.1) is 12.5 Å². The van der Waals surface area contributed by atoms with Crippen LogP contribution in [0, 0.1) is 0 Å². The van der Waals surface area contributed by atoms with E-state index >= 15 is 0 Å². The van der Waals surface area contributed by atoms with Gasteiger partial charge in [-0.1, -0.05) is 0 Å². The average molecular weight is 174 g/mol. The molecular formula is C8H12ClNO. The van der Waals surface area contributed by atoms with Gasteiger partial charge in [-0.2, -0.15) is 0 Å². The molecule has 1 atom stereocenters. The van der Waals surface area contributed by atoms with Gasteiger partial charge in [-0.3, -0.25) is 0 Å². The van der Waals surface area contributed by atoms with Crippen molar-refractivity contribution in [2.75, 3.05) is 6.54 Å². The molecule has 2 heterocycles. The lowest BCUT2D eigenvalue weighted by molar-refractivity contribution is 0.553. The van der Waals surface area contributed by atoms with Gasteiger partial charge in [-0.25, -0.2) is 0 Å². The summed E-state index contributed by atoms with van der Waals surface area (Å²) in [4.78, 5) is 0. The maximum atomic E-state index is 4.99. The van der Waals surface area contributed by atoms with Gasteiger partial charge in [0.15, 0.2) is 0 Å². The Morgan fingerprint density at radius 3 is 3.00 bits per heavy atom. The third-order valence-electron chi connectivity index (χ3n) is 2.01. The zero-order valence-corrected chi connectivity index (χ0v) is 7.06. The van der Waals surface area contributed by atoms with Crippen LogP contribution in [-0.2, 0) is 0 Å². The summed E-state index contributed by atoms with van der Waals surface area (Å²) in [7, 11) is 0. The Bertz CT molecular complexity index is 192. The van der Waals surface area contributed by atoms with Crippen molar-refractivity contribution in [2.24, 2.45) is 0 Å². The quantitative estimate of drug-likeness (QED) is 0.704. The highest BCUT2D eigenvalue weighted by atomic mass is 35.5. The molecule has 0 spiro atoms. The number of rotatable bonds is 1. The summed E-state index contributed by atoms with van der Waals surface area (Å²) in [5.41, 5.74) is 1.29. The summed E-state index contributed by atoms with van der Waals surface area (Å²) in [6, 6.07) is 2.59. The second-order valence-electron chi connectivity index (χ2n) is 2.71. The molecule has 11 heavy (non-hydrogen) atoms. The van der Waals surface area contributed by atoms with Crippen molar-refractivity contribution in [3.63, 3.8) is 0 Å². The Labute approximate surface area is 72.4 Å². The van der Waals surface area contributed by atoms with Crippen LogP contribution in [0.5, 0.6) is 0 Å². The Morgan fingerprint density at radius 2 is 2.45 bits per heavy atom. The van der Waals surface area contributed by atoms with Crippen LogP contribution in [0.2, 0.25) is 0 Å². The predicted molar refractivity (Wildman–Crippen MR) is 45.9 cm³/mol. The highest BCUT2D eigenvalue weighted by Crippen LogP contribution is 2.22. The Morgan fingerprint density at radius 1 is 1.55 bits per heavy atom. The molecule has 0 saturated carbocycles. The molecular weight excluding hydrogens is 162 g/mol. The summed E-state index contributed by atoms with van der Waals surface area (Å²) in [5.74, 6) is 0. The van der Waals surface area contributed by atoms with Gasteiger partial charge in [0.25, 0.3) is 0 Å². The van der Waals surface area contributed by atoms with Crippen LogP contribution in [-0.4, -0.2) is 6.54 Å². The van der Waals surface area contributed by atoms with Crippen LogP contribution in [0.1, 0.15) is 24.4 Å². The predicted octanol–water partition coefficient (Wildman–Crippen LogP) is 2.13. The summed E-state index contributed by atoms with van der Waals surface area (Å²) in [6.45, 7) is 1.15. The zero-order valence-electron chi connectivity index (χ0n) is 6.25. The highest BCUT2D eigenvalue weighted by Gasteiger charge is 2.16. The molecule has 1 saturated heterocycles. The number of hydrogen-bond donors (Lipinski definition) is 1.